The van der Waals surface area contributed by atoms with E-state index in [4.69, 9.17) is 5.73 Å². The van der Waals surface area contributed by atoms with Crippen LogP contribution in [0.15, 0.2) is 6.07 Å². The highest BCUT2D eigenvalue weighted by Crippen LogP contribution is 2.51. The molecule has 0 saturated heterocycles. The topological polar surface area (TPSA) is 167 Å². The predicted octanol–water partition coefficient (Wildman–Crippen LogP) is 0.676. The van der Waals surface area contributed by atoms with Crippen LogP contribution in [-0.4, -0.2) is 76.4 Å². The first-order chi connectivity index (χ1) is 18.8. The minimum absolute atomic E-state index is 0.0139. The van der Waals surface area contributed by atoms with Gasteiger partial charge in [-0.15, -0.1) is 0 Å². The molecule has 0 radical (unpaired) electrons. The lowest BCUT2D eigenvalue weighted by Crippen LogP contribution is -2.74. The number of primary amides is 1. The average Bonchev–Trinajstić information content (AvgIpc) is 2.85. The minimum Gasteiger partial charge on any atom is -0.507 e. The van der Waals surface area contributed by atoms with Crippen molar-refractivity contribution in [3.8, 4) is 5.75 Å². The number of Topliss-reactive ketones (excluding diaryl/α,β-unsaturated/α-hetero) is 4. The maximum atomic E-state index is 15.8. The van der Waals surface area contributed by atoms with Crippen molar-refractivity contribution in [1.29, 1.82) is 0 Å². The quantitative estimate of drug-likeness (QED) is 0.353. The third kappa shape index (κ3) is 3.96. The zero-order valence-electron chi connectivity index (χ0n) is 23.0. The van der Waals surface area contributed by atoms with E-state index in [-0.39, 0.29) is 41.5 Å². The Morgan fingerprint density at radius 2 is 1.88 bits per heavy atom. The standard InChI is InChI=1S/C29H36FN3O7/c1-4-28(6-5-7-28)12-32-11-14-10-17(34)19-15(21(14)30)8-13-9-16-22(33(2)3)24(36)20(27(31)39)26(38)29(16,40)25(37)18(13)23(19)35/h10,13,16,18,20,22,32,34,40H,4-9,11-12H2,1-3H3,(H2,31,39)/t13-,16-,18?,20?,22-,29-/m0/s1. The monoisotopic (exact) mass is 557 g/mol. The first kappa shape index (κ1) is 28.5. The van der Waals surface area contributed by atoms with Crippen LogP contribution in [0.4, 0.5) is 4.39 Å². The number of rotatable bonds is 7. The van der Waals surface area contributed by atoms with Crippen molar-refractivity contribution in [3.63, 3.8) is 0 Å². The lowest BCUT2D eigenvalue weighted by Gasteiger charge is -2.52. The van der Waals surface area contributed by atoms with Crippen molar-refractivity contribution in [2.75, 3.05) is 20.6 Å². The van der Waals surface area contributed by atoms with E-state index in [0.29, 0.717) is 6.54 Å². The van der Waals surface area contributed by atoms with Crippen LogP contribution in [0.2, 0.25) is 0 Å². The third-order valence-corrected chi connectivity index (χ3v) is 10.0. The molecular formula is C29H36FN3O7. The smallest absolute Gasteiger partial charge is 0.235 e. The molecule has 6 atom stereocenters. The number of carbonyl (C=O) groups is 5. The van der Waals surface area contributed by atoms with Crippen LogP contribution in [0.5, 0.6) is 5.75 Å². The molecule has 3 saturated carbocycles. The Balaban J connectivity index is 1.50. The van der Waals surface area contributed by atoms with E-state index in [0.717, 1.165) is 25.7 Å². The van der Waals surface area contributed by atoms with Crippen molar-refractivity contribution in [1.82, 2.24) is 10.2 Å². The number of hydrogen-bond donors (Lipinski definition) is 4. The van der Waals surface area contributed by atoms with Gasteiger partial charge in [-0.25, -0.2) is 4.39 Å². The number of carbonyl (C=O) groups excluding carboxylic acids is 5. The molecule has 40 heavy (non-hydrogen) atoms. The summed E-state index contributed by atoms with van der Waals surface area (Å²) in [4.78, 5) is 67.3. The lowest BCUT2D eigenvalue weighted by atomic mass is 9.52. The molecule has 0 heterocycles. The molecule has 5 N–H and O–H groups in total. The number of likely N-dealkylation sites (N-methyl/N-ethyl adjacent to an activating group) is 1. The van der Waals surface area contributed by atoms with Crippen LogP contribution in [0.3, 0.4) is 0 Å². The second-order valence-corrected chi connectivity index (χ2v) is 12.3. The summed E-state index contributed by atoms with van der Waals surface area (Å²) in [5.41, 5.74) is 2.56. The first-order valence-electron chi connectivity index (χ1n) is 13.9. The van der Waals surface area contributed by atoms with Gasteiger partial charge in [-0.2, -0.15) is 0 Å². The second-order valence-electron chi connectivity index (χ2n) is 12.3. The normalized spacial score (nSPS) is 32.8. The van der Waals surface area contributed by atoms with Gasteiger partial charge in [0, 0.05) is 30.1 Å². The molecule has 0 aliphatic heterocycles. The fraction of sp³-hybridized carbons (Fsp3) is 0.621. The van der Waals surface area contributed by atoms with Crippen LogP contribution < -0.4 is 11.1 Å². The van der Waals surface area contributed by atoms with Crippen molar-refractivity contribution in [2.24, 2.45) is 34.8 Å². The third-order valence-electron chi connectivity index (χ3n) is 10.0. The number of nitrogens with two attached hydrogens (primary N) is 1. The zero-order chi connectivity index (χ0) is 29.3. The van der Waals surface area contributed by atoms with Gasteiger partial charge in [0.1, 0.15) is 11.6 Å². The molecule has 1 aromatic carbocycles. The first-order valence-corrected chi connectivity index (χ1v) is 13.9. The number of amides is 1. The van der Waals surface area contributed by atoms with E-state index >= 15 is 4.39 Å². The summed E-state index contributed by atoms with van der Waals surface area (Å²) in [6.45, 7) is 2.99. The molecule has 1 aromatic rings. The second kappa shape index (κ2) is 9.81. The molecule has 5 rings (SSSR count). The number of phenols is 1. The molecule has 2 unspecified atom stereocenters. The summed E-state index contributed by atoms with van der Waals surface area (Å²) in [6.07, 6.45) is 4.16. The van der Waals surface area contributed by atoms with E-state index in [9.17, 15) is 34.2 Å². The fourth-order valence-corrected chi connectivity index (χ4v) is 7.63. The van der Waals surface area contributed by atoms with Gasteiger partial charge in [0.15, 0.2) is 34.7 Å². The maximum absolute atomic E-state index is 15.8. The number of nitrogens with one attached hydrogen (secondary N) is 1. The molecule has 0 spiro atoms. The van der Waals surface area contributed by atoms with Crippen molar-refractivity contribution in [3.05, 3.63) is 28.6 Å². The molecule has 3 fully saturated rings. The van der Waals surface area contributed by atoms with Gasteiger partial charge in [-0.05, 0) is 63.6 Å². The van der Waals surface area contributed by atoms with E-state index in [2.05, 4.69) is 12.2 Å². The number of phenolic OH excluding ortho intramolecular Hbond substituents is 1. The van der Waals surface area contributed by atoms with Crippen molar-refractivity contribution >= 4 is 29.0 Å². The molecule has 11 heteroatoms. The number of aliphatic hydroxyl groups is 1. The Kier molecular flexibility index (Phi) is 6.99. The number of hydrogen-bond acceptors (Lipinski definition) is 9. The number of halogens is 1. The maximum Gasteiger partial charge on any atom is 0.235 e. The predicted molar refractivity (Wildman–Crippen MR) is 140 cm³/mol. The number of aromatic hydroxyl groups is 1. The van der Waals surface area contributed by atoms with Crippen LogP contribution in [0.25, 0.3) is 0 Å². The molecule has 4 aliphatic rings. The summed E-state index contributed by atoms with van der Waals surface area (Å²) in [5, 5.41) is 25.7. The number of benzene rings is 1. The minimum atomic E-state index is -2.80. The number of nitrogens with zero attached hydrogens (tertiary/aromatic N) is 1. The van der Waals surface area contributed by atoms with Gasteiger partial charge in [-0.1, -0.05) is 13.3 Å². The molecule has 10 nitrogen and oxygen atoms in total. The SMILES string of the molecule is CCC1(CNCc2cc(O)c3c(c2F)C[C@H]2C[C@H]4[C@H](N(C)C)C(=O)C(C(N)=O)C(=O)[C@@]4(O)C(=O)C2C3=O)CCC1. The van der Waals surface area contributed by atoms with Crippen LogP contribution in [0.1, 0.15) is 60.5 Å². The van der Waals surface area contributed by atoms with Crippen molar-refractivity contribution < 1.29 is 38.6 Å². The molecule has 216 valence electrons. The Bertz CT molecular complexity index is 1320. The van der Waals surface area contributed by atoms with E-state index < -0.39 is 75.9 Å². The largest absolute Gasteiger partial charge is 0.507 e. The molecular weight excluding hydrogens is 521 g/mol. The summed E-state index contributed by atoms with van der Waals surface area (Å²) < 4.78 is 15.8. The van der Waals surface area contributed by atoms with Crippen LogP contribution >= 0.6 is 0 Å². The van der Waals surface area contributed by atoms with Crippen LogP contribution in [0, 0.1) is 34.9 Å². The highest BCUT2D eigenvalue weighted by atomic mass is 19.1. The highest BCUT2D eigenvalue weighted by Gasteiger charge is 2.69. The summed E-state index contributed by atoms with van der Waals surface area (Å²) >= 11 is 0. The van der Waals surface area contributed by atoms with Gasteiger partial charge in [0.05, 0.1) is 17.5 Å². The van der Waals surface area contributed by atoms with Crippen molar-refractivity contribution in [2.45, 2.75) is 63.6 Å². The molecule has 0 aromatic heterocycles. The Hall–Kier alpha value is -3.02. The Morgan fingerprint density at radius 3 is 2.42 bits per heavy atom. The van der Waals surface area contributed by atoms with Crippen LogP contribution in [-0.2, 0) is 32.1 Å². The Labute approximate surface area is 231 Å². The number of ketones is 4. The molecule has 1 amide bonds. The number of fused-ring (bicyclic) bond motifs is 3. The molecule has 4 aliphatic carbocycles. The van der Waals surface area contributed by atoms with Gasteiger partial charge in [-0.3, -0.25) is 28.9 Å². The summed E-state index contributed by atoms with van der Waals surface area (Å²) in [6, 6.07) is -0.0213. The van der Waals surface area contributed by atoms with Gasteiger partial charge >= 0.3 is 0 Å². The van der Waals surface area contributed by atoms with E-state index in [1.165, 1.54) is 25.1 Å². The average molecular weight is 558 g/mol. The summed E-state index contributed by atoms with van der Waals surface area (Å²) in [5.74, 6) is -12.2. The molecule has 0 bridgehead atoms. The van der Waals surface area contributed by atoms with Gasteiger partial charge < -0.3 is 21.3 Å². The fourth-order valence-electron chi connectivity index (χ4n) is 7.63. The summed E-state index contributed by atoms with van der Waals surface area (Å²) in [7, 11) is 3.02. The van der Waals surface area contributed by atoms with Gasteiger partial charge in [0.25, 0.3) is 0 Å². The zero-order valence-corrected chi connectivity index (χ0v) is 23.0. The van der Waals surface area contributed by atoms with E-state index in [1.54, 1.807) is 0 Å². The van der Waals surface area contributed by atoms with Gasteiger partial charge in [0.2, 0.25) is 5.91 Å². The van der Waals surface area contributed by atoms with E-state index in [1.807, 2.05) is 0 Å². The highest BCUT2D eigenvalue weighted by molar-refractivity contribution is 6.32. The Morgan fingerprint density at radius 1 is 1.20 bits per heavy atom. The lowest BCUT2D eigenvalue weighted by molar-refractivity contribution is -0.181.